The Morgan fingerprint density at radius 1 is 0.855 bits per heavy atom. The smallest absolute Gasteiger partial charge is 0.0969 e. The zero-order valence-electron chi connectivity index (χ0n) is 34.5. The Labute approximate surface area is 332 Å². The van der Waals surface area contributed by atoms with Gasteiger partial charge in [-0.15, -0.1) is 0 Å². The molecule has 55 heavy (non-hydrogen) atoms. The molecule has 1 heterocycles. The maximum absolute atomic E-state index is 5.39. The number of nitrogens with one attached hydrogen (secondary N) is 1. The molecule has 1 aliphatic heterocycles. The number of aliphatic imine (C=N–C) groups is 1. The van der Waals surface area contributed by atoms with Gasteiger partial charge >= 0.3 is 0 Å². The van der Waals surface area contributed by atoms with Crippen LogP contribution < -0.4 is 10.2 Å². The van der Waals surface area contributed by atoms with Crippen molar-refractivity contribution in [2.45, 2.75) is 90.5 Å². The Hall–Kier alpha value is -5.41. The number of likely N-dealkylation sites (N-methyl/N-ethyl adjacent to an activating group) is 1. The highest BCUT2D eigenvalue weighted by molar-refractivity contribution is 6.10. The molecule has 0 aliphatic carbocycles. The van der Waals surface area contributed by atoms with Gasteiger partial charge in [-0.25, -0.2) is 0 Å². The van der Waals surface area contributed by atoms with Crippen molar-refractivity contribution in [2.24, 2.45) is 4.99 Å². The van der Waals surface area contributed by atoms with Gasteiger partial charge in [-0.05, 0) is 91.5 Å². The summed E-state index contributed by atoms with van der Waals surface area (Å²) in [5.41, 5.74) is 14.4. The third-order valence-corrected chi connectivity index (χ3v) is 11.5. The minimum atomic E-state index is -0.357. The van der Waals surface area contributed by atoms with E-state index in [1.807, 2.05) is 13.0 Å². The van der Waals surface area contributed by atoms with Gasteiger partial charge in [-0.1, -0.05) is 168 Å². The van der Waals surface area contributed by atoms with Crippen LogP contribution in [0, 0.1) is 0 Å². The van der Waals surface area contributed by atoms with Gasteiger partial charge in [-0.2, -0.15) is 0 Å². The molecule has 0 aromatic heterocycles. The Kier molecular flexibility index (Phi) is 13.2. The second-order valence-electron chi connectivity index (χ2n) is 15.7. The van der Waals surface area contributed by atoms with Gasteiger partial charge in [0, 0.05) is 35.3 Å². The lowest BCUT2D eigenvalue weighted by Crippen LogP contribution is -2.34. The van der Waals surface area contributed by atoms with Crippen molar-refractivity contribution in [2.75, 3.05) is 17.3 Å². The minimum absolute atomic E-state index is 0.0909. The van der Waals surface area contributed by atoms with E-state index in [0.29, 0.717) is 11.8 Å². The zero-order valence-corrected chi connectivity index (χ0v) is 34.5. The van der Waals surface area contributed by atoms with E-state index in [9.17, 15) is 0 Å². The molecular formula is C52H61N3. The molecule has 3 nitrogen and oxygen atoms in total. The van der Waals surface area contributed by atoms with Gasteiger partial charge in [-0.3, -0.25) is 4.99 Å². The highest BCUT2D eigenvalue weighted by Gasteiger charge is 2.34. The number of benzene rings is 4. The van der Waals surface area contributed by atoms with Crippen LogP contribution in [-0.4, -0.2) is 18.8 Å². The first kappa shape index (κ1) is 40.8. The SMILES string of the molecule is C=CC1=NC(C(=C)N(C)c2ccccc2Nc2c(C(C)C)cccc2C(C)C)C(CCC(=C)/C=C(\C)C(C)(C(=C)/C=C\C)c2ccccc2)c2ccccc21. The minimum Gasteiger partial charge on any atom is -0.353 e. The molecule has 4 aromatic rings. The van der Waals surface area contributed by atoms with Crippen LogP contribution in [0.25, 0.3) is 0 Å². The largest absolute Gasteiger partial charge is 0.353 e. The van der Waals surface area contributed by atoms with Crippen LogP contribution in [0.4, 0.5) is 17.1 Å². The molecule has 0 amide bonds. The molecular weight excluding hydrogens is 667 g/mol. The predicted octanol–water partition coefficient (Wildman–Crippen LogP) is 14.1. The lowest BCUT2D eigenvalue weighted by atomic mass is 9.70. The third-order valence-electron chi connectivity index (χ3n) is 11.5. The first-order chi connectivity index (χ1) is 26.3. The van der Waals surface area contributed by atoms with E-state index >= 15 is 0 Å². The number of hydrogen-bond donors (Lipinski definition) is 1. The molecule has 0 fully saturated rings. The second-order valence-corrected chi connectivity index (χ2v) is 15.7. The van der Waals surface area contributed by atoms with Crippen LogP contribution in [0.1, 0.15) is 107 Å². The molecule has 0 radical (unpaired) electrons. The van der Waals surface area contributed by atoms with Crippen LogP contribution in [0.5, 0.6) is 0 Å². The maximum Gasteiger partial charge on any atom is 0.0969 e. The number of fused-ring (bicyclic) bond motifs is 1. The molecule has 284 valence electrons. The Balaban J connectivity index is 1.48. The van der Waals surface area contributed by atoms with Crippen molar-refractivity contribution in [1.82, 2.24) is 0 Å². The van der Waals surface area contributed by atoms with Gasteiger partial charge in [0.1, 0.15) is 0 Å². The van der Waals surface area contributed by atoms with Gasteiger partial charge < -0.3 is 10.2 Å². The fourth-order valence-corrected chi connectivity index (χ4v) is 8.04. The molecule has 0 saturated heterocycles. The summed E-state index contributed by atoms with van der Waals surface area (Å²) in [6, 6.07) is 34.3. The van der Waals surface area contributed by atoms with Crippen molar-refractivity contribution in [3.05, 3.63) is 198 Å². The van der Waals surface area contributed by atoms with Crippen LogP contribution in [0.3, 0.4) is 0 Å². The lowest BCUT2D eigenvalue weighted by molar-refractivity contribution is 0.535. The molecule has 3 atom stereocenters. The van der Waals surface area contributed by atoms with Crippen LogP contribution >= 0.6 is 0 Å². The Morgan fingerprint density at radius 3 is 2.11 bits per heavy atom. The summed E-state index contributed by atoms with van der Waals surface area (Å²) < 4.78 is 0. The number of allylic oxidation sites excluding steroid dienone is 7. The molecule has 1 N–H and O–H groups in total. The number of anilines is 3. The standard InChI is InChI=1S/C52H61N3/c1-13-23-38(8)52(11,41-24-16-15-17-25-41)39(9)34-37(7)32-33-46-44-26-18-19-27-45(44)47(14-2)53-50(46)40(10)55(12)49-31-21-20-30-48(49)54-51-42(35(3)4)28-22-29-43(51)36(5)6/h13-31,34-36,46,50,54H,2,7-8,10,32-33H2,1,3-6,9,11-12H3/b23-13-,39-34+. The average Bonchev–Trinajstić information content (AvgIpc) is 3.19. The lowest BCUT2D eigenvalue weighted by Gasteiger charge is -2.37. The van der Waals surface area contributed by atoms with E-state index in [-0.39, 0.29) is 17.4 Å². The van der Waals surface area contributed by atoms with Crippen molar-refractivity contribution in [3.8, 4) is 0 Å². The summed E-state index contributed by atoms with van der Waals surface area (Å²) in [4.78, 5) is 7.62. The number of hydrogen-bond acceptors (Lipinski definition) is 3. The van der Waals surface area contributed by atoms with E-state index in [1.165, 1.54) is 33.5 Å². The van der Waals surface area contributed by atoms with Crippen molar-refractivity contribution in [1.29, 1.82) is 0 Å². The van der Waals surface area contributed by atoms with Crippen molar-refractivity contribution < 1.29 is 0 Å². The molecule has 5 rings (SSSR count). The summed E-state index contributed by atoms with van der Waals surface area (Å²) in [6.07, 6.45) is 10.0. The molecule has 3 heteroatoms. The predicted molar refractivity (Wildman–Crippen MR) is 241 cm³/mol. The molecule has 0 saturated carbocycles. The molecule has 3 unspecified atom stereocenters. The molecule has 4 aromatic carbocycles. The van der Waals surface area contributed by atoms with Crippen LogP contribution in [0.2, 0.25) is 0 Å². The third kappa shape index (κ3) is 8.62. The molecule has 0 bridgehead atoms. The van der Waals surface area contributed by atoms with E-state index in [2.05, 4.69) is 194 Å². The fraction of sp³-hybridized carbons (Fsp3) is 0.288. The quantitative estimate of drug-likeness (QED) is 0.116. The number of rotatable bonds is 16. The summed E-state index contributed by atoms with van der Waals surface area (Å²) in [7, 11) is 2.12. The van der Waals surface area contributed by atoms with E-state index in [4.69, 9.17) is 11.6 Å². The molecule has 0 spiro atoms. The van der Waals surface area contributed by atoms with Gasteiger partial charge in [0.15, 0.2) is 0 Å². The van der Waals surface area contributed by atoms with Gasteiger partial charge in [0.05, 0.1) is 23.1 Å². The average molecular weight is 728 g/mol. The summed E-state index contributed by atoms with van der Waals surface area (Å²) in [6.45, 7) is 33.6. The number of para-hydroxylation sites is 3. The van der Waals surface area contributed by atoms with E-state index in [0.717, 1.165) is 52.3 Å². The Bertz CT molecular complexity index is 2100. The van der Waals surface area contributed by atoms with Crippen LogP contribution in [0.15, 0.2) is 175 Å². The van der Waals surface area contributed by atoms with E-state index < -0.39 is 0 Å². The highest BCUT2D eigenvalue weighted by atomic mass is 15.2. The van der Waals surface area contributed by atoms with Gasteiger partial charge in [0.25, 0.3) is 0 Å². The van der Waals surface area contributed by atoms with E-state index in [1.54, 1.807) is 0 Å². The van der Waals surface area contributed by atoms with Crippen LogP contribution in [-0.2, 0) is 5.41 Å². The fourth-order valence-electron chi connectivity index (χ4n) is 8.04. The first-order valence-electron chi connectivity index (χ1n) is 19.8. The summed E-state index contributed by atoms with van der Waals surface area (Å²) in [5, 5.41) is 3.89. The normalized spacial score (nSPS) is 16.7. The maximum atomic E-state index is 5.39. The summed E-state index contributed by atoms with van der Waals surface area (Å²) in [5.74, 6) is 0.847. The van der Waals surface area contributed by atoms with Crippen molar-refractivity contribution in [3.63, 3.8) is 0 Å². The highest BCUT2D eigenvalue weighted by Crippen LogP contribution is 2.43. The monoisotopic (exact) mass is 727 g/mol. The topological polar surface area (TPSA) is 27.6 Å². The number of nitrogens with zero attached hydrogens (tertiary/aromatic N) is 2. The second kappa shape index (κ2) is 17.8. The first-order valence-corrected chi connectivity index (χ1v) is 19.8. The summed E-state index contributed by atoms with van der Waals surface area (Å²) >= 11 is 0. The van der Waals surface area contributed by atoms with Gasteiger partial charge in [0.2, 0.25) is 0 Å². The Morgan fingerprint density at radius 2 is 1.47 bits per heavy atom. The zero-order chi connectivity index (χ0) is 39.9. The molecule has 1 aliphatic rings. The van der Waals surface area contributed by atoms with Crippen molar-refractivity contribution >= 4 is 22.8 Å².